The molecule has 2 nitrogen and oxygen atoms in total. The molecule has 1 aromatic rings. The van der Waals surface area contributed by atoms with Gasteiger partial charge in [0.25, 0.3) is 0 Å². The van der Waals surface area contributed by atoms with E-state index in [2.05, 4.69) is 29.8 Å². The van der Waals surface area contributed by atoms with Crippen LogP contribution in [0.3, 0.4) is 0 Å². The highest BCUT2D eigenvalue weighted by Crippen LogP contribution is 2.13. The van der Waals surface area contributed by atoms with Gasteiger partial charge in [0.05, 0.1) is 0 Å². The minimum Gasteiger partial charge on any atom is -0.381 e. The normalized spacial score (nSPS) is 20.3. The van der Waals surface area contributed by atoms with Crippen molar-refractivity contribution in [2.75, 3.05) is 13.2 Å². The van der Waals surface area contributed by atoms with Crippen LogP contribution in [0, 0.1) is 0 Å². The third-order valence-electron chi connectivity index (χ3n) is 2.83. The topological polar surface area (TPSA) is 21.3 Å². The molecule has 1 aliphatic heterocycles. The van der Waals surface area contributed by atoms with Gasteiger partial charge in [0.15, 0.2) is 0 Å². The molecule has 1 saturated heterocycles. The zero-order valence-corrected chi connectivity index (χ0v) is 10.1. The molecule has 1 aromatic heterocycles. The molecule has 0 radical (unpaired) electrons. The van der Waals surface area contributed by atoms with Gasteiger partial charge in [-0.1, -0.05) is 6.07 Å². The van der Waals surface area contributed by atoms with E-state index >= 15 is 0 Å². The summed E-state index contributed by atoms with van der Waals surface area (Å²) in [4.78, 5) is 1.47. The Hall–Kier alpha value is -0.380. The summed E-state index contributed by atoms with van der Waals surface area (Å²) < 4.78 is 5.35. The number of ether oxygens (including phenoxy) is 1. The average molecular weight is 225 g/mol. The highest BCUT2D eigenvalue weighted by atomic mass is 32.1. The van der Waals surface area contributed by atoms with Crippen LogP contribution >= 0.6 is 11.3 Å². The van der Waals surface area contributed by atoms with Gasteiger partial charge in [-0.3, -0.25) is 0 Å². The lowest BCUT2D eigenvalue weighted by atomic mass is 10.1. The highest BCUT2D eigenvalue weighted by molar-refractivity contribution is 7.09. The Morgan fingerprint density at radius 3 is 3.00 bits per heavy atom. The fourth-order valence-electron chi connectivity index (χ4n) is 2.06. The molecule has 1 atom stereocenters. The molecule has 0 aromatic carbocycles. The van der Waals surface area contributed by atoms with Crippen LogP contribution in [0.2, 0.25) is 0 Å². The maximum Gasteiger partial charge on any atom is 0.0480 e. The highest BCUT2D eigenvalue weighted by Gasteiger charge is 2.15. The molecule has 1 aliphatic rings. The van der Waals surface area contributed by atoms with Crippen LogP contribution in [0.15, 0.2) is 17.5 Å². The predicted molar refractivity (Wildman–Crippen MR) is 64.5 cm³/mol. The second-order valence-corrected chi connectivity index (χ2v) is 5.27. The molecule has 0 bridgehead atoms. The van der Waals surface area contributed by atoms with E-state index in [9.17, 15) is 0 Å². The molecular weight excluding hydrogens is 206 g/mol. The molecular formula is C12H19NOS. The molecule has 84 valence electrons. The summed E-state index contributed by atoms with van der Waals surface area (Å²) in [5, 5.41) is 5.83. The minimum absolute atomic E-state index is 0.576. The first kappa shape index (κ1) is 11.1. The van der Waals surface area contributed by atoms with Gasteiger partial charge in [0, 0.05) is 30.2 Å². The van der Waals surface area contributed by atoms with Crippen LogP contribution in [-0.4, -0.2) is 25.3 Å². The van der Waals surface area contributed by atoms with Gasteiger partial charge in [-0.15, -0.1) is 11.3 Å². The number of rotatable bonds is 4. The molecule has 0 aliphatic carbocycles. The van der Waals surface area contributed by atoms with Crippen molar-refractivity contribution in [2.45, 2.75) is 38.3 Å². The Morgan fingerprint density at radius 2 is 2.33 bits per heavy atom. The smallest absolute Gasteiger partial charge is 0.0480 e. The zero-order valence-electron chi connectivity index (χ0n) is 9.24. The standard InChI is InChI=1S/C12H19NOS/c1-10(9-12-3-2-8-15-12)13-11-4-6-14-7-5-11/h2-3,8,10-11,13H,4-7,9H2,1H3. The monoisotopic (exact) mass is 225 g/mol. The number of nitrogens with one attached hydrogen (secondary N) is 1. The van der Waals surface area contributed by atoms with Crippen LogP contribution in [0.25, 0.3) is 0 Å². The summed E-state index contributed by atoms with van der Waals surface area (Å²) in [6.07, 6.45) is 3.47. The molecule has 3 heteroatoms. The van der Waals surface area contributed by atoms with E-state index < -0.39 is 0 Å². The summed E-state index contributed by atoms with van der Waals surface area (Å²) in [5.41, 5.74) is 0. The van der Waals surface area contributed by atoms with Crippen molar-refractivity contribution in [2.24, 2.45) is 0 Å². The second-order valence-electron chi connectivity index (χ2n) is 4.24. The number of hydrogen-bond acceptors (Lipinski definition) is 3. The van der Waals surface area contributed by atoms with Gasteiger partial charge in [0.1, 0.15) is 0 Å². The van der Waals surface area contributed by atoms with Gasteiger partial charge in [0.2, 0.25) is 0 Å². The molecule has 1 unspecified atom stereocenters. The SMILES string of the molecule is CC(Cc1cccs1)NC1CCOCC1. The Bertz CT molecular complexity index is 267. The first-order chi connectivity index (χ1) is 7.34. The van der Waals surface area contributed by atoms with Crippen LogP contribution in [0.5, 0.6) is 0 Å². The van der Waals surface area contributed by atoms with Crippen molar-refractivity contribution in [1.82, 2.24) is 5.32 Å². The summed E-state index contributed by atoms with van der Waals surface area (Å²) in [5.74, 6) is 0. The van der Waals surface area contributed by atoms with Crippen molar-refractivity contribution >= 4 is 11.3 Å². The van der Waals surface area contributed by atoms with Crippen LogP contribution < -0.4 is 5.32 Å². The lowest BCUT2D eigenvalue weighted by Gasteiger charge is -2.26. The summed E-state index contributed by atoms with van der Waals surface area (Å²) in [7, 11) is 0. The molecule has 1 N–H and O–H groups in total. The molecule has 15 heavy (non-hydrogen) atoms. The zero-order chi connectivity index (χ0) is 10.5. The molecule has 0 amide bonds. The maximum atomic E-state index is 5.35. The van der Waals surface area contributed by atoms with Crippen LogP contribution in [0.1, 0.15) is 24.6 Å². The van der Waals surface area contributed by atoms with Crippen molar-refractivity contribution in [3.63, 3.8) is 0 Å². The fourth-order valence-corrected chi connectivity index (χ4v) is 2.89. The lowest BCUT2D eigenvalue weighted by Crippen LogP contribution is -2.41. The van der Waals surface area contributed by atoms with Crippen molar-refractivity contribution < 1.29 is 4.74 Å². The molecule has 0 spiro atoms. The molecule has 0 saturated carbocycles. The maximum absolute atomic E-state index is 5.35. The van der Waals surface area contributed by atoms with Crippen LogP contribution in [-0.2, 0) is 11.2 Å². The van der Waals surface area contributed by atoms with Gasteiger partial charge < -0.3 is 10.1 Å². The summed E-state index contributed by atoms with van der Waals surface area (Å²) >= 11 is 1.85. The van der Waals surface area contributed by atoms with Gasteiger partial charge >= 0.3 is 0 Å². The Labute approximate surface area is 95.6 Å². The van der Waals surface area contributed by atoms with Crippen molar-refractivity contribution in [1.29, 1.82) is 0 Å². The van der Waals surface area contributed by atoms with Crippen molar-refractivity contribution in [3.05, 3.63) is 22.4 Å². The third-order valence-corrected chi connectivity index (χ3v) is 3.73. The predicted octanol–water partition coefficient (Wildman–Crippen LogP) is 2.45. The Balaban J connectivity index is 1.74. The quantitative estimate of drug-likeness (QED) is 0.850. The van der Waals surface area contributed by atoms with Crippen molar-refractivity contribution in [3.8, 4) is 0 Å². The molecule has 2 rings (SSSR count). The van der Waals surface area contributed by atoms with E-state index in [4.69, 9.17) is 4.74 Å². The lowest BCUT2D eigenvalue weighted by molar-refractivity contribution is 0.0755. The number of hydrogen-bond donors (Lipinski definition) is 1. The van der Waals surface area contributed by atoms with Gasteiger partial charge in [-0.25, -0.2) is 0 Å². The number of thiophene rings is 1. The average Bonchev–Trinajstić information content (AvgIpc) is 2.71. The Kier molecular flexibility index (Phi) is 4.18. The molecule has 1 fully saturated rings. The van der Waals surface area contributed by atoms with Crippen LogP contribution in [0.4, 0.5) is 0 Å². The summed E-state index contributed by atoms with van der Waals surface area (Å²) in [6.45, 7) is 4.11. The fraction of sp³-hybridized carbons (Fsp3) is 0.667. The van der Waals surface area contributed by atoms with Gasteiger partial charge in [-0.05, 0) is 37.6 Å². The van der Waals surface area contributed by atoms with E-state index in [0.717, 1.165) is 32.5 Å². The Morgan fingerprint density at radius 1 is 1.53 bits per heavy atom. The van der Waals surface area contributed by atoms with E-state index in [1.807, 2.05) is 11.3 Å². The van der Waals surface area contributed by atoms with E-state index in [1.54, 1.807) is 0 Å². The second kappa shape index (κ2) is 5.64. The first-order valence-electron chi connectivity index (χ1n) is 5.71. The summed E-state index contributed by atoms with van der Waals surface area (Å²) in [6, 6.07) is 5.58. The first-order valence-corrected chi connectivity index (χ1v) is 6.59. The molecule has 2 heterocycles. The van der Waals surface area contributed by atoms with Gasteiger partial charge in [-0.2, -0.15) is 0 Å². The van der Waals surface area contributed by atoms with E-state index in [0.29, 0.717) is 12.1 Å². The van der Waals surface area contributed by atoms with E-state index in [-0.39, 0.29) is 0 Å². The van der Waals surface area contributed by atoms with E-state index in [1.165, 1.54) is 4.88 Å². The minimum atomic E-state index is 0.576. The third kappa shape index (κ3) is 3.59. The largest absolute Gasteiger partial charge is 0.381 e.